The van der Waals surface area contributed by atoms with Crippen molar-refractivity contribution in [1.82, 2.24) is 5.32 Å². The third-order valence-electron chi connectivity index (χ3n) is 3.64. The van der Waals surface area contributed by atoms with Crippen LogP contribution in [0.15, 0.2) is 18.2 Å². The van der Waals surface area contributed by atoms with Crippen LogP contribution >= 0.6 is 0 Å². The molecular weight excluding hydrogens is 222 g/mol. The van der Waals surface area contributed by atoms with Crippen LogP contribution in [0, 0.1) is 11.8 Å². The fourth-order valence-corrected chi connectivity index (χ4v) is 2.30. The molecule has 1 atom stereocenters. The van der Waals surface area contributed by atoms with Crippen LogP contribution in [-0.4, -0.2) is 20.7 Å². The van der Waals surface area contributed by atoms with E-state index >= 15 is 0 Å². The Morgan fingerprint density at radius 1 is 1.28 bits per heavy atom. The van der Waals surface area contributed by atoms with Crippen LogP contribution < -0.4 is 10.1 Å². The second-order valence-electron chi connectivity index (χ2n) is 5.27. The Balaban J connectivity index is 2.91. The predicted molar refractivity (Wildman–Crippen MR) is 78.3 cm³/mol. The monoisotopic (exact) mass is 249 g/mol. The molecule has 2 heteroatoms. The van der Waals surface area contributed by atoms with Crippen molar-refractivity contribution in [3.63, 3.8) is 0 Å². The van der Waals surface area contributed by atoms with Gasteiger partial charge in [-0.25, -0.2) is 0 Å². The van der Waals surface area contributed by atoms with E-state index in [-0.39, 0.29) is 0 Å². The third kappa shape index (κ3) is 4.02. The first kappa shape index (κ1) is 15.0. The lowest BCUT2D eigenvalue weighted by Gasteiger charge is -2.22. The summed E-state index contributed by atoms with van der Waals surface area (Å²) in [6, 6.07) is 6.56. The number of aryl methyl sites for hydroxylation is 1. The highest BCUT2D eigenvalue weighted by molar-refractivity contribution is 5.37. The quantitative estimate of drug-likeness (QED) is 0.800. The molecule has 0 aliphatic carbocycles. The molecule has 1 N–H and O–H groups in total. The lowest BCUT2D eigenvalue weighted by molar-refractivity contribution is 0.358. The molecule has 0 fully saturated rings. The molecule has 0 radical (unpaired) electrons. The zero-order valence-corrected chi connectivity index (χ0v) is 12.4. The molecule has 0 bridgehead atoms. The standard InChI is InChI=1S/C16H27NO/c1-6-13-7-8-16(18-5)14(9-13)10-15(11-17-4)12(2)3/h7-9,12,15,17H,6,10-11H2,1-5H3. The molecule has 0 aliphatic heterocycles. The number of benzene rings is 1. The number of rotatable bonds is 7. The highest BCUT2D eigenvalue weighted by Gasteiger charge is 2.16. The van der Waals surface area contributed by atoms with Gasteiger partial charge in [0.15, 0.2) is 0 Å². The lowest BCUT2D eigenvalue weighted by atomic mass is 9.88. The third-order valence-corrected chi connectivity index (χ3v) is 3.64. The molecule has 1 aromatic rings. The molecular formula is C16H27NO. The zero-order valence-electron chi connectivity index (χ0n) is 12.4. The Labute approximate surface area is 112 Å². The minimum Gasteiger partial charge on any atom is -0.496 e. The molecule has 0 aromatic heterocycles. The van der Waals surface area contributed by atoms with Gasteiger partial charge < -0.3 is 10.1 Å². The van der Waals surface area contributed by atoms with Crippen LogP contribution in [0.5, 0.6) is 5.75 Å². The molecule has 0 aliphatic rings. The smallest absolute Gasteiger partial charge is 0.122 e. The van der Waals surface area contributed by atoms with E-state index < -0.39 is 0 Å². The fourth-order valence-electron chi connectivity index (χ4n) is 2.30. The summed E-state index contributed by atoms with van der Waals surface area (Å²) in [5, 5.41) is 3.29. The average Bonchev–Trinajstić information content (AvgIpc) is 2.37. The maximum atomic E-state index is 5.48. The number of ether oxygens (including phenoxy) is 1. The van der Waals surface area contributed by atoms with Crippen LogP contribution in [0.25, 0.3) is 0 Å². The maximum absolute atomic E-state index is 5.48. The van der Waals surface area contributed by atoms with E-state index in [0.717, 1.165) is 25.1 Å². The molecule has 2 nitrogen and oxygen atoms in total. The molecule has 0 heterocycles. The Bertz CT molecular complexity index is 360. The van der Waals surface area contributed by atoms with E-state index in [2.05, 4.69) is 44.3 Å². The summed E-state index contributed by atoms with van der Waals surface area (Å²) in [5.41, 5.74) is 2.73. The van der Waals surface area contributed by atoms with Gasteiger partial charge >= 0.3 is 0 Å². The van der Waals surface area contributed by atoms with Gasteiger partial charge in [-0.2, -0.15) is 0 Å². The van der Waals surface area contributed by atoms with Crippen LogP contribution in [0.4, 0.5) is 0 Å². The summed E-state index contributed by atoms with van der Waals surface area (Å²) >= 11 is 0. The normalized spacial score (nSPS) is 12.8. The Morgan fingerprint density at radius 2 is 2.00 bits per heavy atom. The van der Waals surface area contributed by atoms with Crippen molar-refractivity contribution in [3.05, 3.63) is 29.3 Å². The number of hydrogen-bond acceptors (Lipinski definition) is 2. The number of hydrogen-bond donors (Lipinski definition) is 1. The van der Waals surface area contributed by atoms with Gasteiger partial charge in [0.2, 0.25) is 0 Å². The minimum absolute atomic E-state index is 0.649. The first-order valence-electron chi connectivity index (χ1n) is 6.92. The van der Waals surface area contributed by atoms with Crippen molar-refractivity contribution in [3.8, 4) is 5.75 Å². The van der Waals surface area contributed by atoms with Crippen molar-refractivity contribution in [2.75, 3.05) is 20.7 Å². The number of nitrogens with one attached hydrogen (secondary N) is 1. The van der Waals surface area contributed by atoms with Crippen LogP contribution in [0.3, 0.4) is 0 Å². The van der Waals surface area contributed by atoms with Gasteiger partial charge in [-0.3, -0.25) is 0 Å². The van der Waals surface area contributed by atoms with Gasteiger partial charge in [0, 0.05) is 0 Å². The van der Waals surface area contributed by atoms with Gasteiger partial charge in [-0.1, -0.05) is 32.9 Å². The lowest BCUT2D eigenvalue weighted by Crippen LogP contribution is -2.25. The van der Waals surface area contributed by atoms with Gasteiger partial charge in [0.25, 0.3) is 0 Å². The Hall–Kier alpha value is -1.02. The van der Waals surface area contributed by atoms with Crippen LogP contribution in [0.2, 0.25) is 0 Å². The Kier molecular flexibility index (Phi) is 6.20. The van der Waals surface area contributed by atoms with Gasteiger partial charge in [0.05, 0.1) is 7.11 Å². The van der Waals surface area contributed by atoms with Crippen LogP contribution in [-0.2, 0) is 12.8 Å². The van der Waals surface area contributed by atoms with E-state index in [1.54, 1.807) is 7.11 Å². The first-order chi connectivity index (χ1) is 8.62. The topological polar surface area (TPSA) is 21.3 Å². The summed E-state index contributed by atoms with van der Waals surface area (Å²) in [6.07, 6.45) is 2.16. The summed E-state index contributed by atoms with van der Waals surface area (Å²) < 4.78 is 5.48. The minimum atomic E-state index is 0.649. The molecule has 0 spiro atoms. The van der Waals surface area contributed by atoms with E-state index in [0.29, 0.717) is 11.8 Å². The Morgan fingerprint density at radius 3 is 2.50 bits per heavy atom. The van der Waals surface area contributed by atoms with Gasteiger partial charge in [0.1, 0.15) is 5.75 Å². The van der Waals surface area contributed by atoms with Crippen molar-refractivity contribution < 1.29 is 4.74 Å². The molecule has 18 heavy (non-hydrogen) atoms. The second kappa shape index (κ2) is 7.42. The van der Waals surface area contributed by atoms with Gasteiger partial charge in [-0.05, 0) is 55.5 Å². The van der Waals surface area contributed by atoms with Crippen molar-refractivity contribution in [2.24, 2.45) is 11.8 Å². The SMILES string of the molecule is CCc1ccc(OC)c(CC(CNC)C(C)C)c1. The zero-order chi connectivity index (χ0) is 13.5. The van der Waals surface area contributed by atoms with E-state index in [9.17, 15) is 0 Å². The van der Waals surface area contributed by atoms with Crippen molar-refractivity contribution >= 4 is 0 Å². The second-order valence-corrected chi connectivity index (χ2v) is 5.27. The predicted octanol–water partition coefficient (Wildman–Crippen LogP) is 3.29. The molecule has 0 saturated heterocycles. The summed E-state index contributed by atoms with van der Waals surface area (Å²) in [4.78, 5) is 0. The molecule has 102 valence electrons. The fraction of sp³-hybridized carbons (Fsp3) is 0.625. The molecule has 1 aromatic carbocycles. The molecule has 1 rings (SSSR count). The molecule has 1 unspecified atom stereocenters. The van der Waals surface area contributed by atoms with Crippen molar-refractivity contribution in [2.45, 2.75) is 33.6 Å². The summed E-state index contributed by atoms with van der Waals surface area (Å²) in [6.45, 7) is 7.83. The van der Waals surface area contributed by atoms with Gasteiger partial charge in [-0.15, -0.1) is 0 Å². The maximum Gasteiger partial charge on any atom is 0.122 e. The van der Waals surface area contributed by atoms with Crippen molar-refractivity contribution in [1.29, 1.82) is 0 Å². The van der Waals surface area contributed by atoms with E-state index in [1.807, 2.05) is 7.05 Å². The average molecular weight is 249 g/mol. The van der Waals surface area contributed by atoms with E-state index in [1.165, 1.54) is 11.1 Å². The first-order valence-corrected chi connectivity index (χ1v) is 6.92. The summed E-state index contributed by atoms with van der Waals surface area (Å²) in [7, 11) is 3.78. The molecule has 0 amide bonds. The van der Waals surface area contributed by atoms with Crippen LogP contribution in [0.1, 0.15) is 31.9 Å². The largest absolute Gasteiger partial charge is 0.496 e. The number of methoxy groups -OCH3 is 1. The highest BCUT2D eigenvalue weighted by atomic mass is 16.5. The highest BCUT2D eigenvalue weighted by Crippen LogP contribution is 2.25. The summed E-state index contributed by atoms with van der Waals surface area (Å²) in [5.74, 6) is 2.34. The van der Waals surface area contributed by atoms with E-state index in [4.69, 9.17) is 4.74 Å². The molecule has 0 saturated carbocycles.